The summed E-state index contributed by atoms with van der Waals surface area (Å²) in [7, 11) is 0. The average molecular weight is 400 g/mol. The molecule has 4 N–H and O–H groups in total. The lowest BCUT2D eigenvalue weighted by atomic mass is 10.0. The van der Waals surface area contributed by atoms with Gasteiger partial charge in [0, 0.05) is 6.54 Å². The van der Waals surface area contributed by atoms with Crippen molar-refractivity contribution in [1.29, 1.82) is 0 Å². The molecule has 0 aromatic heterocycles. The van der Waals surface area contributed by atoms with Crippen LogP contribution in [0.2, 0.25) is 0 Å². The van der Waals surface area contributed by atoms with E-state index >= 15 is 0 Å². The van der Waals surface area contributed by atoms with Gasteiger partial charge in [0.2, 0.25) is 11.8 Å². The Morgan fingerprint density at radius 3 is 2.64 bits per heavy atom. The Bertz CT molecular complexity index is 799. The first-order valence-electron chi connectivity index (χ1n) is 8.60. The van der Waals surface area contributed by atoms with Crippen molar-refractivity contribution >= 4 is 23.5 Å². The van der Waals surface area contributed by atoms with Crippen molar-refractivity contribution in [2.24, 2.45) is 0 Å². The lowest BCUT2D eigenvalue weighted by molar-refractivity contribution is -0.149. The molecular formula is C17H19F3N4O4. The molecule has 0 radical (unpaired) electrons. The Hall–Kier alpha value is -2.82. The molecule has 2 fully saturated rings. The third-order valence-corrected chi connectivity index (χ3v) is 4.75. The predicted octanol–water partition coefficient (Wildman–Crippen LogP) is 0.676. The molecule has 4 atom stereocenters. The van der Waals surface area contributed by atoms with Gasteiger partial charge in [0.15, 0.2) is 0 Å². The average Bonchev–Trinajstić information content (AvgIpc) is 3.02. The fourth-order valence-electron chi connectivity index (χ4n) is 3.43. The van der Waals surface area contributed by atoms with Crippen LogP contribution in [0.25, 0.3) is 0 Å². The number of alkyl halides is 3. The first-order valence-corrected chi connectivity index (χ1v) is 8.60. The highest BCUT2D eigenvalue weighted by atomic mass is 19.4. The second-order valence-corrected chi connectivity index (χ2v) is 6.81. The summed E-state index contributed by atoms with van der Waals surface area (Å²) in [6, 6.07) is 1.20. The summed E-state index contributed by atoms with van der Waals surface area (Å²) >= 11 is 0. The zero-order valence-electron chi connectivity index (χ0n) is 14.8. The number of hydrogen-bond donors (Lipinski definition) is 4. The number of fused-ring (bicyclic) bond motifs is 1. The van der Waals surface area contributed by atoms with Crippen LogP contribution in [-0.4, -0.2) is 58.6 Å². The van der Waals surface area contributed by atoms with Crippen LogP contribution >= 0.6 is 0 Å². The fourth-order valence-corrected chi connectivity index (χ4v) is 3.43. The zero-order valence-corrected chi connectivity index (χ0v) is 14.8. The number of carbonyl (C=O) groups excluding carboxylic acids is 3. The fraction of sp³-hybridized carbons (Fsp3) is 0.471. The molecule has 2 aliphatic heterocycles. The maximum absolute atomic E-state index is 13.0. The van der Waals surface area contributed by atoms with Crippen LogP contribution in [0.3, 0.4) is 0 Å². The molecule has 28 heavy (non-hydrogen) atoms. The summed E-state index contributed by atoms with van der Waals surface area (Å²) in [5.74, 6) is -0.913. The van der Waals surface area contributed by atoms with Gasteiger partial charge in [0.05, 0.1) is 23.4 Å². The van der Waals surface area contributed by atoms with E-state index in [1.165, 1.54) is 24.0 Å². The SMILES string of the molecule is C[C@@H](O)[C@@H]1NC(=O)[C@@H]2C[C@H](NC(=O)Nc3ccccc3C(F)(F)F)CN2C1=O. The minimum absolute atomic E-state index is 0.0223. The van der Waals surface area contributed by atoms with Crippen LogP contribution in [0, 0.1) is 0 Å². The van der Waals surface area contributed by atoms with Crippen molar-refractivity contribution in [1.82, 2.24) is 15.5 Å². The van der Waals surface area contributed by atoms with E-state index in [1.807, 2.05) is 0 Å². The standard InChI is InChI=1S/C17H19F3N4O4/c1-8(25)13-15(27)24-7-9(6-12(24)14(26)23-13)21-16(28)22-11-5-3-2-4-10(11)17(18,19)20/h2-5,8-9,12-13,25H,6-7H2,1H3,(H,23,26)(H2,21,22,28)/t8-,9+,12+,13+/m1/s1. The highest BCUT2D eigenvalue weighted by Gasteiger charge is 2.48. The number of piperazine rings is 1. The molecule has 0 saturated carbocycles. The number of amides is 4. The van der Waals surface area contributed by atoms with Gasteiger partial charge in [0.1, 0.15) is 12.1 Å². The number of carbonyl (C=O) groups is 3. The topological polar surface area (TPSA) is 111 Å². The van der Waals surface area contributed by atoms with Gasteiger partial charge < -0.3 is 26.0 Å². The summed E-state index contributed by atoms with van der Waals surface area (Å²) in [4.78, 5) is 37.9. The molecule has 152 valence electrons. The second kappa shape index (κ2) is 7.30. The van der Waals surface area contributed by atoms with E-state index < -0.39 is 59.5 Å². The van der Waals surface area contributed by atoms with Crippen LogP contribution in [0.1, 0.15) is 18.9 Å². The summed E-state index contributed by atoms with van der Waals surface area (Å²) < 4.78 is 39.0. The van der Waals surface area contributed by atoms with E-state index in [4.69, 9.17) is 0 Å². The number of hydrogen-bond acceptors (Lipinski definition) is 4. The molecule has 2 heterocycles. The lowest BCUT2D eigenvalue weighted by Gasteiger charge is -2.35. The number of benzene rings is 1. The largest absolute Gasteiger partial charge is 0.418 e. The molecule has 1 aromatic carbocycles. The highest BCUT2D eigenvalue weighted by Crippen LogP contribution is 2.34. The van der Waals surface area contributed by atoms with Crippen molar-refractivity contribution < 1.29 is 32.7 Å². The molecule has 8 nitrogen and oxygen atoms in total. The van der Waals surface area contributed by atoms with E-state index in [1.54, 1.807) is 0 Å². The molecule has 0 aliphatic carbocycles. The Morgan fingerprint density at radius 1 is 1.32 bits per heavy atom. The number of rotatable bonds is 3. The molecule has 0 bridgehead atoms. The van der Waals surface area contributed by atoms with Crippen LogP contribution < -0.4 is 16.0 Å². The molecule has 1 aromatic rings. The maximum atomic E-state index is 13.0. The Balaban J connectivity index is 1.66. The predicted molar refractivity (Wildman–Crippen MR) is 91.1 cm³/mol. The summed E-state index contributed by atoms with van der Waals surface area (Å²) in [6.07, 6.45) is -5.58. The quantitative estimate of drug-likeness (QED) is 0.598. The van der Waals surface area contributed by atoms with Gasteiger partial charge in [0.25, 0.3) is 0 Å². The Kier molecular flexibility index (Phi) is 5.20. The molecule has 2 saturated heterocycles. The van der Waals surface area contributed by atoms with Crippen molar-refractivity contribution in [2.75, 3.05) is 11.9 Å². The van der Waals surface area contributed by atoms with Crippen molar-refractivity contribution in [3.05, 3.63) is 29.8 Å². The molecule has 4 amide bonds. The lowest BCUT2D eigenvalue weighted by Crippen LogP contribution is -2.64. The second-order valence-electron chi connectivity index (χ2n) is 6.81. The third kappa shape index (κ3) is 3.88. The minimum atomic E-state index is -4.63. The first-order chi connectivity index (χ1) is 13.1. The van der Waals surface area contributed by atoms with Gasteiger partial charge in [-0.1, -0.05) is 12.1 Å². The van der Waals surface area contributed by atoms with Crippen LogP contribution in [0.4, 0.5) is 23.7 Å². The van der Waals surface area contributed by atoms with Gasteiger partial charge in [-0.2, -0.15) is 13.2 Å². The van der Waals surface area contributed by atoms with Crippen molar-refractivity contribution in [3.63, 3.8) is 0 Å². The Morgan fingerprint density at radius 2 is 2.00 bits per heavy atom. The third-order valence-electron chi connectivity index (χ3n) is 4.75. The molecule has 0 spiro atoms. The van der Waals surface area contributed by atoms with Crippen LogP contribution in [0.5, 0.6) is 0 Å². The monoisotopic (exact) mass is 400 g/mol. The van der Waals surface area contributed by atoms with E-state index in [-0.39, 0.29) is 13.0 Å². The van der Waals surface area contributed by atoms with Crippen LogP contribution in [0.15, 0.2) is 24.3 Å². The molecule has 11 heteroatoms. The van der Waals surface area contributed by atoms with Crippen molar-refractivity contribution in [2.45, 2.75) is 43.8 Å². The highest BCUT2D eigenvalue weighted by molar-refractivity contribution is 5.98. The van der Waals surface area contributed by atoms with Gasteiger partial charge in [-0.25, -0.2) is 4.79 Å². The van der Waals surface area contributed by atoms with Crippen LogP contribution in [-0.2, 0) is 15.8 Å². The molecule has 3 rings (SSSR count). The van der Waals surface area contributed by atoms with E-state index in [2.05, 4.69) is 16.0 Å². The van der Waals surface area contributed by atoms with Crippen molar-refractivity contribution in [3.8, 4) is 0 Å². The molecule has 0 unspecified atom stereocenters. The summed E-state index contributed by atoms with van der Waals surface area (Å²) in [5.41, 5.74) is -1.38. The summed E-state index contributed by atoms with van der Waals surface area (Å²) in [6.45, 7) is 1.40. The van der Waals surface area contributed by atoms with E-state index in [9.17, 15) is 32.7 Å². The number of nitrogens with one attached hydrogen (secondary N) is 3. The number of halogens is 3. The normalized spacial score (nSPS) is 25.8. The van der Waals surface area contributed by atoms with E-state index in [0.29, 0.717) is 0 Å². The van der Waals surface area contributed by atoms with Gasteiger partial charge >= 0.3 is 12.2 Å². The van der Waals surface area contributed by atoms with E-state index in [0.717, 1.165) is 12.1 Å². The first kappa shape index (κ1) is 19.9. The number of nitrogens with zero attached hydrogens (tertiary/aromatic N) is 1. The molecule has 2 aliphatic rings. The van der Waals surface area contributed by atoms with Gasteiger partial charge in [-0.15, -0.1) is 0 Å². The van der Waals surface area contributed by atoms with Gasteiger partial charge in [-0.05, 0) is 25.5 Å². The smallest absolute Gasteiger partial charge is 0.391 e. The van der Waals surface area contributed by atoms with Gasteiger partial charge in [-0.3, -0.25) is 9.59 Å². The zero-order chi connectivity index (χ0) is 20.6. The number of urea groups is 1. The number of aliphatic hydroxyl groups is 1. The Labute approximate surface area is 158 Å². The number of para-hydroxylation sites is 1. The molecular weight excluding hydrogens is 381 g/mol. The minimum Gasteiger partial charge on any atom is -0.391 e. The number of anilines is 1. The maximum Gasteiger partial charge on any atom is 0.418 e. The number of aliphatic hydroxyl groups excluding tert-OH is 1. The summed E-state index contributed by atoms with van der Waals surface area (Å²) in [5, 5.41) is 16.7.